The van der Waals surface area contributed by atoms with Gasteiger partial charge in [-0.3, -0.25) is 19.2 Å². The van der Waals surface area contributed by atoms with Gasteiger partial charge in [-0.1, -0.05) is 13.8 Å². The number of carboxylic acids is 1. The number of carboxylic acid groups (broad SMARTS) is 1. The van der Waals surface area contributed by atoms with Crippen LogP contribution in [0.15, 0.2) is 0 Å². The van der Waals surface area contributed by atoms with Crippen molar-refractivity contribution in [2.75, 3.05) is 6.54 Å². The second-order valence-corrected chi connectivity index (χ2v) is 9.02. The first-order valence-electron chi connectivity index (χ1n) is 10.3. The second kappa shape index (κ2) is 10.5. The quantitative estimate of drug-likeness (QED) is 0.535. The number of hydrogen-bond acceptors (Lipinski definition) is 6. The molecule has 4 atom stereocenters. The van der Waals surface area contributed by atoms with Gasteiger partial charge in [-0.25, -0.2) is 4.79 Å². The van der Waals surface area contributed by atoms with Crippen LogP contribution in [0, 0.1) is 11.8 Å². The minimum absolute atomic E-state index is 0.107. The summed E-state index contributed by atoms with van der Waals surface area (Å²) in [5.41, 5.74) is -0.645. The van der Waals surface area contributed by atoms with E-state index in [1.54, 1.807) is 34.6 Å². The van der Waals surface area contributed by atoms with Gasteiger partial charge in [0.25, 0.3) is 0 Å². The van der Waals surface area contributed by atoms with E-state index in [1.165, 1.54) is 11.8 Å². The summed E-state index contributed by atoms with van der Waals surface area (Å²) >= 11 is 0. The molecule has 170 valence electrons. The maximum Gasteiger partial charge on any atom is 0.326 e. The largest absolute Gasteiger partial charge is 0.480 e. The van der Waals surface area contributed by atoms with Crippen LogP contribution in [0.4, 0.5) is 0 Å². The molecule has 0 aliphatic carbocycles. The Kier molecular flexibility index (Phi) is 8.99. The molecule has 0 aromatic carbocycles. The number of rotatable bonds is 9. The Morgan fingerprint density at radius 1 is 1.07 bits per heavy atom. The molecule has 30 heavy (non-hydrogen) atoms. The highest BCUT2D eigenvalue weighted by atomic mass is 16.6. The van der Waals surface area contributed by atoms with Crippen LogP contribution in [-0.2, 0) is 28.7 Å². The number of Topliss-reactive ketones (excluding diaryl/α,β-unsaturated/α-hetero) is 1. The average molecular weight is 427 g/mol. The van der Waals surface area contributed by atoms with Gasteiger partial charge in [-0.15, -0.1) is 0 Å². The molecule has 9 nitrogen and oxygen atoms in total. The average Bonchev–Trinajstić information content (AvgIpc) is 3.08. The van der Waals surface area contributed by atoms with Crippen molar-refractivity contribution in [1.82, 2.24) is 10.2 Å². The minimum atomic E-state index is -1.04. The number of carbonyl (C=O) groups excluding carboxylic acids is 4. The van der Waals surface area contributed by atoms with E-state index in [4.69, 9.17) is 4.74 Å². The van der Waals surface area contributed by atoms with Crippen molar-refractivity contribution in [2.45, 2.75) is 84.9 Å². The van der Waals surface area contributed by atoms with Crippen LogP contribution in [0.25, 0.3) is 0 Å². The van der Waals surface area contributed by atoms with E-state index in [0.29, 0.717) is 19.4 Å². The van der Waals surface area contributed by atoms with Crippen LogP contribution < -0.4 is 5.32 Å². The highest BCUT2D eigenvalue weighted by Crippen LogP contribution is 2.21. The summed E-state index contributed by atoms with van der Waals surface area (Å²) in [6.07, 6.45) is 0.809. The lowest BCUT2D eigenvalue weighted by atomic mass is 9.98. The fourth-order valence-corrected chi connectivity index (χ4v) is 3.30. The highest BCUT2D eigenvalue weighted by molar-refractivity contribution is 5.94. The first-order chi connectivity index (χ1) is 13.7. The lowest BCUT2D eigenvalue weighted by Gasteiger charge is -2.25. The van der Waals surface area contributed by atoms with Crippen molar-refractivity contribution in [3.05, 3.63) is 0 Å². The lowest BCUT2D eigenvalue weighted by Crippen LogP contribution is -2.45. The third-order valence-corrected chi connectivity index (χ3v) is 4.93. The summed E-state index contributed by atoms with van der Waals surface area (Å²) in [5.74, 6) is -4.05. The standard InChI is InChI=1S/C21H34N2O7/c1-12(11-17(25)30-21(4,5)6)18(26)22-14(3)16(24)10-13(2)19(27)23-9-7-8-15(23)20(28)29/h12-15H,7-11H2,1-6H3,(H,22,26)(H,28,29)/t12-,13-,14-,15+/m1/s1. The van der Waals surface area contributed by atoms with Crippen LogP contribution in [-0.4, -0.2) is 63.8 Å². The number of ether oxygens (including phenoxy) is 1. The van der Waals surface area contributed by atoms with Crippen molar-refractivity contribution in [3.8, 4) is 0 Å². The topological polar surface area (TPSA) is 130 Å². The zero-order valence-electron chi connectivity index (χ0n) is 18.7. The highest BCUT2D eigenvalue weighted by Gasteiger charge is 2.36. The van der Waals surface area contributed by atoms with Gasteiger partial charge >= 0.3 is 11.9 Å². The Morgan fingerprint density at radius 3 is 2.20 bits per heavy atom. The van der Waals surface area contributed by atoms with Gasteiger partial charge in [0.05, 0.1) is 12.5 Å². The Balaban J connectivity index is 2.55. The van der Waals surface area contributed by atoms with Crippen LogP contribution in [0.5, 0.6) is 0 Å². The second-order valence-electron chi connectivity index (χ2n) is 9.02. The SMILES string of the molecule is C[C@H](CC(=O)OC(C)(C)C)C(=O)N[C@H](C)C(=O)C[C@@H](C)C(=O)N1CCC[C@H]1C(=O)O. The molecule has 1 heterocycles. The van der Waals surface area contributed by atoms with Crippen LogP contribution in [0.3, 0.4) is 0 Å². The summed E-state index contributed by atoms with van der Waals surface area (Å²) in [4.78, 5) is 61.8. The van der Waals surface area contributed by atoms with Gasteiger partial charge in [0, 0.05) is 24.8 Å². The Bertz CT molecular complexity index is 683. The van der Waals surface area contributed by atoms with Crippen molar-refractivity contribution >= 4 is 29.5 Å². The molecule has 1 aliphatic heterocycles. The van der Waals surface area contributed by atoms with E-state index in [9.17, 15) is 29.1 Å². The van der Waals surface area contributed by atoms with E-state index >= 15 is 0 Å². The number of likely N-dealkylation sites (tertiary alicyclic amines) is 1. The van der Waals surface area contributed by atoms with Crippen LogP contribution in [0.1, 0.15) is 67.2 Å². The first kappa shape index (κ1) is 25.6. The molecule has 0 spiro atoms. The van der Waals surface area contributed by atoms with Gasteiger partial charge in [-0.05, 0) is 40.5 Å². The molecule has 2 N–H and O–H groups in total. The maximum atomic E-state index is 12.6. The summed E-state index contributed by atoms with van der Waals surface area (Å²) in [6.45, 7) is 10.2. The van der Waals surface area contributed by atoms with E-state index < -0.39 is 47.4 Å². The Hall–Kier alpha value is -2.45. The molecule has 0 aromatic heterocycles. The molecule has 1 rings (SSSR count). The number of esters is 1. The number of nitrogens with one attached hydrogen (secondary N) is 1. The smallest absolute Gasteiger partial charge is 0.326 e. The number of aliphatic carboxylic acids is 1. The molecular weight excluding hydrogens is 392 g/mol. The zero-order chi connectivity index (χ0) is 23.2. The number of ketones is 1. The molecule has 1 saturated heterocycles. The Morgan fingerprint density at radius 2 is 1.67 bits per heavy atom. The molecule has 1 fully saturated rings. The van der Waals surface area contributed by atoms with Crippen molar-refractivity contribution in [3.63, 3.8) is 0 Å². The number of amides is 2. The number of carbonyl (C=O) groups is 5. The molecule has 0 saturated carbocycles. The fraction of sp³-hybridized carbons (Fsp3) is 0.762. The van der Waals surface area contributed by atoms with Gasteiger partial charge in [-0.2, -0.15) is 0 Å². The van der Waals surface area contributed by atoms with Crippen LogP contribution >= 0.6 is 0 Å². The molecular formula is C21H34N2O7. The zero-order valence-corrected chi connectivity index (χ0v) is 18.7. The molecule has 9 heteroatoms. The maximum absolute atomic E-state index is 12.6. The molecule has 0 bridgehead atoms. The predicted molar refractivity (Wildman–Crippen MR) is 108 cm³/mol. The van der Waals surface area contributed by atoms with E-state index in [1.807, 2.05) is 0 Å². The molecule has 2 amide bonds. The lowest BCUT2D eigenvalue weighted by molar-refractivity contribution is -0.157. The molecule has 0 unspecified atom stereocenters. The normalized spacial score (nSPS) is 19.5. The van der Waals surface area contributed by atoms with Crippen molar-refractivity contribution in [1.29, 1.82) is 0 Å². The van der Waals surface area contributed by atoms with E-state index in [2.05, 4.69) is 5.32 Å². The predicted octanol–water partition coefficient (Wildman–Crippen LogP) is 1.53. The summed E-state index contributed by atoms with van der Waals surface area (Å²) in [6, 6.07) is -1.68. The summed E-state index contributed by atoms with van der Waals surface area (Å²) < 4.78 is 5.19. The number of nitrogens with zero attached hydrogens (tertiary/aromatic N) is 1. The number of hydrogen-bond donors (Lipinski definition) is 2. The molecule has 0 radical (unpaired) electrons. The third kappa shape index (κ3) is 7.76. The molecule has 0 aromatic rings. The molecule has 1 aliphatic rings. The van der Waals surface area contributed by atoms with E-state index in [-0.39, 0.29) is 24.5 Å². The fourth-order valence-electron chi connectivity index (χ4n) is 3.30. The summed E-state index contributed by atoms with van der Waals surface area (Å²) in [7, 11) is 0. The van der Waals surface area contributed by atoms with Gasteiger partial charge in [0.1, 0.15) is 11.6 Å². The van der Waals surface area contributed by atoms with Gasteiger partial charge < -0.3 is 20.1 Å². The minimum Gasteiger partial charge on any atom is -0.480 e. The van der Waals surface area contributed by atoms with Crippen LogP contribution in [0.2, 0.25) is 0 Å². The Labute approximate surface area is 177 Å². The van der Waals surface area contributed by atoms with Gasteiger partial charge in [0.2, 0.25) is 11.8 Å². The first-order valence-corrected chi connectivity index (χ1v) is 10.3. The van der Waals surface area contributed by atoms with E-state index in [0.717, 1.165) is 0 Å². The van der Waals surface area contributed by atoms with Gasteiger partial charge in [0.15, 0.2) is 5.78 Å². The van der Waals surface area contributed by atoms with Crippen molar-refractivity contribution in [2.24, 2.45) is 11.8 Å². The summed E-state index contributed by atoms with van der Waals surface area (Å²) in [5, 5.41) is 11.8. The third-order valence-electron chi connectivity index (χ3n) is 4.93. The van der Waals surface area contributed by atoms with Crippen molar-refractivity contribution < 1.29 is 33.8 Å². The monoisotopic (exact) mass is 426 g/mol.